The van der Waals surface area contributed by atoms with E-state index in [4.69, 9.17) is 4.74 Å². The zero-order valence-electron chi connectivity index (χ0n) is 13.2. The molecule has 0 unspecified atom stereocenters. The van der Waals surface area contributed by atoms with Crippen LogP contribution in [-0.2, 0) is 11.3 Å². The van der Waals surface area contributed by atoms with Crippen molar-refractivity contribution in [1.82, 2.24) is 4.90 Å². The van der Waals surface area contributed by atoms with Gasteiger partial charge in [0.25, 0.3) is 0 Å². The van der Waals surface area contributed by atoms with Crippen LogP contribution in [0.4, 0.5) is 4.79 Å². The number of carbonyl (C=O) groups is 1. The number of hydrogen-bond acceptors (Lipinski definition) is 3. The lowest BCUT2D eigenvalue weighted by molar-refractivity contribution is 0.0247. The summed E-state index contributed by atoms with van der Waals surface area (Å²) in [6.07, 6.45) is 3.87. The summed E-state index contributed by atoms with van der Waals surface area (Å²) in [6, 6.07) is 6.42. The van der Waals surface area contributed by atoms with Crippen LogP contribution in [-0.4, -0.2) is 28.9 Å². The molecule has 1 aromatic carbocycles. The Morgan fingerprint density at radius 3 is 2.81 bits per heavy atom. The first-order valence-corrected chi connectivity index (χ1v) is 8.24. The third kappa shape index (κ3) is 4.53. The highest BCUT2D eigenvalue weighted by Gasteiger charge is 2.24. The summed E-state index contributed by atoms with van der Waals surface area (Å²) in [6.45, 7) is 9.03. The number of benzene rings is 1. The molecule has 1 aromatic rings. The Labute approximate surface area is 131 Å². The lowest BCUT2D eigenvalue weighted by Crippen LogP contribution is -2.37. The van der Waals surface area contributed by atoms with Gasteiger partial charge in [-0.1, -0.05) is 18.2 Å². The summed E-state index contributed by atoms with van der Waals surface area (Å²) < 4.78 is 5.49. The molecular formula is C17H23NO2S. The van der Waals surface area contributed by atoms with E-state index in [0.717, 1.165) is 5.75 Å². The van der Waals surface area contributed by atoms with Crippen molar-refractivity contribution in [2.75, 3.05) is 12.3 Å². The molecule has 4 heteroatoms. The zero-order valence-corrected chi connectivity index (χ0v) is 14.0. The summed E-state index contributed by atoms with van der Waals surface area (Å²) in [5.41, 5.74) is 1.91. The molecule has 1 heterocycles. The number of amides is 1. The van der Waals surface area contributed by atoms with E-state index >= 15 is 0 Å². The molecule has 0 radical (unpaired) electrons. The highest BCUT2D eigenvalue weighted by atomic mass is 32.2. The molecule has 2 rings (SSSR count). The SMILES string of the molecule is C/C=C/c1ccc2c(c1)CN(C(=O)OC(C)(C)C)CCS2. The smallest absolute Gasteiger partial charge is 0.410 e. The minimum atomic E-state index is -0.452. The van der Waals surface area contributed by atoms with Crippen molar-refractivity contribution in [3.63, 3.8) is 0 Å². The second-order valence-electron chi connectivity index (χ2n) is 6.12. The summed E-state index contributed by atoms with van der Waals surface area (Å²) in [5, 5.41) is 0. The van der Waals surface area contributed by atoms with Crippen molar-refractivity contribution in [2.24, 2.45) is 0 Å². The van der Waals surface area contributed by atoms with Crippen LogP contribution in [0.1, 0.15) is 38.8 Å². The van der Waals surface area contributed by atoms with E-state index in [9.17, 15) is 4.79 Å². The van der Waals surface area contributed by atoms with Gasteiger partial charge in [-0.15, -0.1) is 11.8 Å². The van der Waals surface area contributed by atoms with Gasteiger partial charge in [0.2, 0.25) is 0 Å². The molecule has 0 atom stereocenters. The molecule has 1 aliphatic heterocycles. The number of thioether (sulfide) groups is 1. The predicted octanol–water partition coefficient (Wildman–Crippen LogP) is 4.56. The van der Waals surface area contributed by atoms with Crippen molar-refractivity contribution in [2.45, 2.75) is 44.7 Å². The summed E-state index contributed by atoms with van der Waals surface area (Å²) >= 11 is 1.80. The molecule has 0 saturated heterocycles. The van der Waals surface area contributed by atoms with Crippen LogP contribution < -0.4 is 0 Å². The number of rotatable bonds is 1. The molecule has 0 fully saturated rings. The van der Waals surface area contributed by atoms with E-state index in [0.29, 0.717) is 13.1 Å². The topological polar surface area (TPSA) is 29.5 Å². The zero-order chi connectivity index (χ0) is 15.5. The normalized spacial score (nSPS) is 15.7. The van der Waals surface area contributed by atoms with Gasteiger partial charge in [0.05, 0.1) is 6.54 Å². The van der Waals surface area contributed by atoms with Crippen molar-refractivity contribution in [3.8, 4) is 0 Å². The van der Waals surface area contributed by atoms with E-state index in [2.05, 4.69) is 24.3 Å². The lowest BCUT2D eigenvalue weighted by atomic mass is 10.1. The fourth-order valence-electron chi connectivity index (χ4n) is 2.19. The van der Waals surface area contributed by atoms with Gasteiger partial charge < -0.3 is 9.64 Å². The summed E-state index contributed by atoms with van der Waals surface area (Å²) in [4.78, 5) is 15.3. The molecular weight excluding hydrogens is 282 g/mol. The van der Waals surface area contributed by atoms with Crippen molar-refractivity contribution in [3.05, 3.63) is 35.4 Å². The monoisotopic (exact) mass is 305 g/mol. The molecule has 0 aromatic heterocycles. The van der Waals surface area contributed by atoms with Gasteiger partial charge in [0.1, 0.15) is 5.60 Å². The minimum Gasteiger partial charge on any atom is -0.444 e. The first-order valence-electron chi connectivity index (χ1n) is 7.25. The summed E-state index contributed by atoms with van der Waals surface area (Å²) in [5.74, 6) is 0.898. The van der Waals surface area contributed by atoms with Crippen LogP contribution in [0, 0.1) is 0 Å². The molecule has 0 N–H and O–H groups in total. The first-order chi connectivity index (χ1) is 9.89. The van der Waals surface area contributed by atoms with E-state index < -0.39 is 5.60 Å². The van der Waals surface area contributed by atoms with Crippen LogP contribution in [0.15, 0.2) is 29.2 Å². The Morgan fingerprint density at radius 1 is 1.38 bits per heavy atom. The van der Waals surface area contributed by atoms with E-state index in [-0.39, 0.29) is 6.09 Å². The predicted molar refractivity (Wildman–Crippen MR) is 88.5 cm³/mol. The minimum absolute atomic E-state index is 0.229. The van der Waals surface area contributed by atoms with Gasteiger partial charge in [-0.25, -0.2) is 4.79 Å². The van der Waals surface area contributed by atoms with E-state index in [1.807, 2.05) is 33.8 Å². The van der Waals surface area contributed by atoms with Gasteiger partial charge in [0, 0.05) is 17.2 Å². The van der Waals surface area contributed by atoms with Crippen LogP contribution in [0.2, 0.25) is 0 Å². The van der Waals surface area contributed by atoms with Crippen molar-refractivity contribution < 1.29 is 9.53 Å². The molecule has 114 valence electrons. The molecule has 1 aliphatic rings. The van der Waals surface area contributed by atoms with Gasteiger partial charge >= 0.3 is 6.09 Å². The quantitative estimate of drug-likeness (QED) is 0.761. The van der Waals surface area contributed by atoms with Crippen LogP contribution in [0.3, 0.4) is 0 Å². The maximum Gasteiger partial charge on any atom is 0.410 e. The third-order valence-corrected chi connectivity index (χ3v) is 4.17. The number of ether oxygens (including phenoxy) is 1. The van der Waals surface area contributed by atoms with E-state index in [1.54, 1.807) is 16.7 Å². The highest BCUT2D eigenvalue weighted by Crippen LogP contribution is 2.29. The Hall–Kier alpha value is -1.42. The van der Waals surface area contributed by atoms with Gasteiger partial charge in [-0.3, -0.25) is 0 Å². The van der Waals surface area contributed by atoms with Crippen LogP contribution >= 0.6 is 11.8 Å². The summed E-state index contributed by atoms with van der Waals surface area (Å²) in [7, 11) is 0. The van der Waals surface area contributed by atoms with Crippen LogP contribution in [0.25, 0.3) is 6.08 Å². The van der Waals surface area contributed by atoms with Crippen LogP contribution in [0.5, 0.6) is 0 Å². The maximum absolute atomic E-state index is 12.3. The molecule has 0 spiro atoms. The number of carbonyl (C=O) groups excluding carboxylic acids is 1. The number of hydrogen-bond donors (Lipinski definition) is 0. The van der Waals surface area contributed by atoms with Gasteiger partial charge in [-0.2, -0.15) is 0 Å². The molecule has 21 heavy (non-hydrogen) atoms. The molecule has 0 aliphatic carbocycles. The average Bonchev–Trinajstić information content (AvgIpc) is 2.59. The fourth-order valence-corrected chi connectivity index (χ4v) is 3.20. The Bertz CT molecular complexity index is 546. The van der Waals surface area contributed by atoms with Gasteiger partial charge in [0.15, 0.2) is 0 Å². The lowest BCUT2D eigenvalue weighted by Gasteiger charge is -2.26. The Balaban J connectivity index is 2.19. The van der Waals surface area contributed by atoms with E-state index in [1.165, 1.54) is 16.0 Å². The largest absolute Gasteiger partial charge is 0.444 e. The Kier molecular flexibility index (Phi) is 4.99. The Morgan fingerprint density at radius 2 is 2.14 bits per heavy atom. The van der Waals surface area contributed by atoms with Crippen molar-refractivity contribution in [1.29, 1.82) is 0 Å². The molecule has 0 saturated carbocycles. The first kappa shape index (κ1) is 16.0. The van der Waals surface area contributed by atoms with Gasteiger partial charge in [-0.05, 0) is 51.0 Å². The molecule has 1 amide bonds. The fraction of sp³-hybridized carbons (Fsp3) is 0.471. The van der Waals surface area contributed by atoms with Crippen molar-refractivity contribution >= 4 is 23.9 Å². The second-order valence-corrected chi connectivity index (χ2v) is 7.25. The number of fused-ring (bicyclic) bond motifs is 1. The third-order valence-electron chi connectivity index (χ3n) is 3.08. The number of allylic oxidation sites excluding steroid dienone is 1. The maximum atomic E-state index is 12.3. The standard InChI is InChI=1S/C17H23NO2S/c1-5-6-13-7-8-15-14(11-13)12-18(9-10-21-15)16(19)20-17(2,3)4/h5-8,11H,9-10,12H2,1-4H3/b6-5+. The highest BCUT2D eigenvalue weighted by molar-refractivity contribution is 7.99. The average molecular weight is 305 g/mol. The number of nitrogens with zero attached hydrogens (tertiary/aromatic N) is 1. The second kappa shape index (κ2) is 6.56. The molecule has 0 bridgehead atoms. The molecule has 3 nitrogen and oxygen atoms in total.